The van der Waals surface area contributed by atoms with Gasteiger partial charge in [-0.15, -0.1) is 0 Å². The summed E-state index contributed by atoms with van der Waals surface area (Å²) in [6.45, 7) is 15.6. The molecule has 2 aliphatic rings. The van der Waals surface area contributed by atoms with Crippen molar-refractivity contribution in [3.05, 3.63) is 64.2 Å². The van der Waals surface area contributed by atoms with Gasteiger partial charge in [-0.3, -0.25) is 9.69 Å². The molecule has 36 heavy (non-hydrogen) atoms. The Morgan fingerprint density at radius 2 is 1.64 bits per heavy atom. The molecule has 0 saturated carbocycles. The van der Waals surface area contributed by atoms with Crippen LogP contribution in [0.2, 0.25) is 0 Å². The summed E-state index contributed by atoms with van der Waals surface area (Å²) in [6.07, 6.45) is -0.426. The molecule has 7 nitrogen and oxygen atoms in total. The third-order valence-electron chi connectivity index (χ3n) is 7.40. The highest BCUT2D eigenvalue weighted by molar-refractivity contribution is 5.98. The predicted octanol–water partition coefficient (Wildman–Crippen LogP) is 4.55. The molecule has 0 bridgehead atoms. The molecule has 0 atom stereocenters. The quantitative estimate of drug-likeness (QED) is 0.567. The topological polar surface area (TPSA) is 56.3 Å². The molecule has 2 aromatic carbocycles. The van der Waals surface area contributed by atoms with E-state index in [9.17, 15) is 9.59 Å². The molecular formula is C29H40N4O3. The summed E-state index contributed by atoms with van der Waals surface area (Å²) in [4.78, 5) is 34.7. The number of carbonyl (C=O) groups excluding carboxylic acids is 2. The van der Waals surface area contributed by atoms with E-state index in [0.29, 0.717) is 37.5 Å². The normalized spacial score (nSPS) is 16.3. The van der Waals surface area contributed by atoms with Crippen LogP contribution in [0, 0.1) is 0 Å². The van der Waals surface area contributed by atoms with Crippen LogP contribution in [-0.2, 0) is 19.6 Å². The first-order valence-corrected chi connectivity index (χ1v) is 13.2. The van der Waals surface area contributed by atoms with Crippen LogP contribution >= 0.6 is 0 Å². The van der Waals surface area contributed by atoms with Gasteiger partial charge in [-0.05, 0) is 61.2 Å². The third kappa shape index (κ3) is 5.90. The number of ether oxygens (including phenoxy) is 1. The highest BCUT2D eigenvalue weighted by Gasteiger charge is 2.28. The lowest BCUT2D eigenvalue weighted by molar-refractivity contribution is 0.0747. The lowest BCUT2D eigenvalue weighted by Gasteiger charge is -2.32. The Morgan fingerprint density at radius 1 is 0.944 bits per heavy atom. The SMILES string of the molecule is CCN(CC)C(=O)Oc1ccc(C(C)C)cc1C(=O)N1Cc2ccc(CN3CCN(C)CC3)cc2C1. The van der Waals surface area contributed by atoms with E-state index in [1.807, 2.05) is 30.9 Å². The van der Waals surface area contributed by atoms with E-state index in [-0.39, 0.29) is 11.8 Å². The molecule has 2 amide bonds. The van der Waals surface area contributed by atoms with Crippen LogP contribution in [0.25, 0.3) is 0 Å². The number of rotatable bonds is 7. The number of amides is 2. The lowest BCUT2D eigenvalue weighted by atomic mass is 9.99. The fourth-order valence-corrected chi connectivity index (χ4v) is 4.93. The minimum Gasteiger partial charge on any atom is -0.409 e. The molecule has 2 aromatic rings. The smallest absolute Gasteiger partial charge is 0.409 e. The maximum Gasteiger partial charge on any atom is 0.415 e. The maximum atomic E-state index is 13.7. The second-order valence-corrected chi connectivity index (χ2v) is 10.3. The van der Waals surface area contributed by atoms with Crippen molar-refractivity contribution in [1.29, 1.82) is 0 Å². The van der Waals surface area contributed by atoms with Gasteiger partial charge < -0.3 is 19.4 Å². The molecule has 0 unspecified atom stereocenters. The number of piperazine rings is 1. The number of benzene rings is 2. The Hall–Kier alpha value is -2.90. The highest BCUT2D eigenvalue weighted by atomic mass is 16.6. The zero-order valence-electron chi connectivity index (χ0n) is 22.4. The minimum absolute atomic E-state index is 0.100. The second-order valence-electron chi connectivity index (χ2n) is 10.3. The first-order chi connectivity index (χ1) is 17.3. The Labute approximate surface area is 215 Å². The molecule has 0 aliphatic carbocycles. The summed E-state index contributed by atoms with van der Waals surface area (Å²) in [7, 11) is 2.17. The monoisotopic (exact) mass is 492 g/mol. The van der Waals surface area contributed by atoms with Crippen LogP contribution in [0.1, 0.15) is 66.2 Å². The van der Waals surface area contributed by atoms with Gasteiger partial charge in [-0.1, -0.05) is 38.1 Å². The predicted molar refractivity (Wildman–Crippen MR) is 142 cm³/mol. The molecule has 2 heterocycles. The number of hydrogen-bond donors (Lipinski definition) is 0. The average molecular weight is 493 g/mol. The van der Waals surface area contributed by atoms with Crippen molar-refractivity contribution < 1.29 is 14.3 Å². The van der Waals surface area contributed by atoms with Gasteiger partial charge in [-0.2, -0.15) is 0 Å². The molecule has 0 radical (unpaired) electrons. The summed E-state index contributed by atoms with van der Waals surface area (Å²) >= 11 is 0. The van der Waals surface area contributed by atoms with Crippen LogP contribution in [0.3, 0.4) is 0 Å². The molecule has 7 heteroatoms. The summed E-state index contributed by atoms with van der Waals surface area (Å²) in [5.41, 5.74) is 5.19. The highest BCUT2D eigenvalue weighted by Crippen LogP contribution is 2.31. The Balaban J connectivity index is 1.51. The number of likely N-dealkylation sites (N-methyl/N-ethyl adjacent to an activating group) is 1. The molecule has 194 valence electrons. The van der Waals surface area contributed by atoms with Gasteiger partial charge in [0.15, 0.2) is 0 Å². The van der Waals surface area contributed by atoms with Crippen molar-refractivity contribution in [3.63, 3.8) is 0 Å². The number of fused-ring (bicyclic) bond motifs is 1. The fourth-order valence-electron chi connectivity index (χ4n) is 4.93. The van der Waals surface area contributed by atoms with E-state index in [1.165, 1.54) is 16.7 Å². The van der Waals surface area contributed by atoms with Crippen molar-refractivity contribution in [2.75, 3.05) is 46.3 Å². The third-order valence-corrected chi connectivity index (χ3v) is 7.40. The summed E-state index contributed by atoms with van der Waals surface area (Å²) in [5.74, 6) is 0.488. The molecule has 0 N–H and O–H groups in total. The van der Waals surface area contributed by atoms with Crippen molar-refractivity contribution in [2.45, 2.75) is 53.2 Å². The van der Waals surface area contributed by atoms with Gasteiger partial charge in [0, 0.05) is 58.9 Å². The van der Waals surface area contributed by atoms with E-state index in [1.54, 1.807) is 11.0 Å². The largest absolute Gasteiger partial charge is 0.415 e. The van der Waals surface area contributed by atoms with Gasteiger partial charge >= 0.3 is 6.09 Å². The van der Waals surface area contributed by atoms with Gasteiger partial charge in [-0.25, -0.2) is 4.79 Å². The summed E-state index contributed by atoms with van der Waals surface area (Å²) in [6, 6.07) is 12.2. The van der Waals surface area contributed by atoms with Crippen LogP contribution in [-0.4, -0.2) is 77.9 Å². The van der Waals surface area contributed by atoms with Crippen LogP contribution in [0.4, 0.5) is 4.79 Å². The lowest BCUT2D eigenvalue weighted by Crippen LogP contribution is -2.43. The summed E-state index contributed by atoms with van der Waals surface area (Å²) < 4.78 is 5.72. The molecule has 1 saturated heterocycles. The molecule has 1 fully saturated rings. The molecule has 0 spiro atoms. The van der Waals surface area contributed by atoms with Gasteiger partial charge in [0.2, 0.25) is 0 Å². The van der Waals surface area contributed by atoms with Crippen molar-refractivity contribution in [3.8, 4) is 5.75 Å². The maximum absolute atomic E-state index is 13.7. The summed E-state index contributed by atoms with van der Waals surface area (Å²) in [5, 5.41) is 0. The van der Waals surface area contributed by atoms with E-state index in [4.69, 9.17) is 4.74 Å². The van der Waals surface area contributed by atoms with E-state index in [2.05, 4.69) is 48.9 Å². The van der Waals surface area contributed by atoms with E-state index in [0.717, 1.165) is 38.3 Å². The van der Waals surface area contributed by atoms with E-state index >= 15 is 0 Å². The average Bonchev–Trinajstić information content (AvgIpc) is 3.29. The van der Waals surface area contributed by atoms with Crippen molar-refractivity contribution in [1.82, 2.24) is 19.6 Å². The van der Waals surface area contributed by atoms with Crippen LogP contribution < -0.4 is 4.74 Å². The van der Waals surface area contributed by atoms with Crippen molar-refractivity contribution >= 4 is 12.0 Å². The number of nitrogens with zero attached hydrogens (tertiary/aromatic N) is 4. The second kappa shape index (κ2) is 11.4. The first-order valence-electron chi connectivity index (χ1n) is 13.2. The first kappa shape index (κ1) is 26.2. The standard InChI is InChI=1S/C29H40N4O3/c1-6-32(7-2)29(35)36-27-11-10-23(21(3)4)17-26(27)28(34)33-19-24-9-8-22(16-25(24)20-33)18-31-14-12-30(5)13-15-31/h8-11,16-17,21H,6-7,12-15,18-20H2,1-5H3. The zero-order valence-corrected chi connectivity index (χ0v) is 22.4. The molecule has 4 rings (SSSR count). The Morgan fingerprint density at radius 3 is 2.31 bits per heavy atom. The molecule has 2 aliphatic heterocycles. The van der Waals surface area contributed by atoms with Gasteiger partial charge in [0.05, 0.1) is 5.56 Å². The van der Waals surface area contributed by atoms with Gasteiger partial charge in [0.1, 0.15) is 5.75 Å². The molecule has 0 aromatic heterocycles. The van der Waals surface area contributed by atoms with Crippen molar-refractivity contribution in [2.24, 2.45) is 0 Å². The minimum atomic E-state index is -0.426. The van der Waals surface area contributed by atoms with Gasteiger partial charge in [0.25, 0.3) is 5.91 Å². The fraction of sp³-hybridized carbons (Fsp3) is 0.517. The van der Waals surface area contributed by atoms with Crippen LogP contribution in [0.15, 0.2) is 36.4 Å². The number of hydrogen-bond acceptors (Lipinski definition) is 5. The van der Waals surface area contributed by atoms with Crippen LogP contribution in [0.5, 0.6) is 5.75 Å². The Bertz CT molecular complexity index is 1090. The van der Waals surface area contributed by atoms with E-state index < -0.39 is 6.09 Å². The molecular weight excluding hydrogens is 452 g/mol. The number of carbonyl (C=O) groups is 2. The zero-order chi connectivity index (χ0) is 25.8. The Kier molecular flexibility index (Phi) is 8.32.